The Hall–Kier alpha value is -1.49. The van der Waals surface area contributed by atoms with E-state index in [0.29, 0.717) is 25.3 Å². The number of aryl methyl sites for hydroxylation is 1. The molecule has 22 heavy (non-hydrogen) atoms. The molecule has 1 aliphatic rings. The van der Waals surface area contributed by atoms with Crippen molar-refractivity contribution in [3.8, 4) is 0 Å². The number of carbonyl (C=O) groups excluding carboxylic acids is 1. The lowest BCUT2D eigenvalue weighted by atomic mass is 9.87. The Morgan fingerprint density at radius 1 is 1.41 bits per heavy atom. The minimum atomic E-state index is -0.742. The number of benzene rings is 1. The third-order valence-electron chi connectivity index (χ3n) is 4.15. The van der Waals surface area contributed by atoms with Gasteiger partial charge in [0.2, 0.25) is 5.91 Å². The maximum atomic E-state index is 12.2. The van der Waals surface area contributed by atoms with Gasteiger partial charge in [-0.05, 0) is 24.8 Å². The zero-order valence-electron chi connectivity index (χ0n) is 13.1. The lowest BCUT2D eigenvalue weighted by Gasteiger charge is -2.34. The van der Waals surface area contributed by atoms with Crippen LogP contribution < -0.4 is 0 Å². The molecule has 0 aromatic heterocycles. The summed E-state index contributed by atoms with van der Waals surface area (Å²) in [5, 5.41) is 9.12. The zero-order valence-corrected chi connectivity index (χ0v) is 13.9. The van der Waals surface area contributed by atoms with E-state index < -0.39 is 5.97 Å². The molecular formula is C17H23NO3S. The predicted molar refractivity (Wildman–Crippen MR) is 88.8 cm³/mol. The van der Waals surface area contributed by atoms with Gasteiger partial charge in [-0.3, -0.25) is 9.59 Å². The molecule has 120 valence electrons. The van der Waals surface area contributed by atoms with E-state index in [1.165, 1.54) is 11.1 Å². The lowest BCUT2D eigenvalue weighted by molar-refractivity contribution is -0.147. The van der Waals surface area contributed by atoms with Crippen LogP contribution in [0.5, 0.6) is 0 Å². The van der Waals surface area contributed by atoms with Gasteiger partial charge in [-0.25, -0.2) is 0 Å². The van der Waals surface area contributed by atoms with Crippen LogP contribution in [0.25, 0.3) is 0 Å². The van der Waals surface area contributed by atoms with Crippen molar-refractivity contribution < 1.29 is 14.7 Å². The van der Waals surface area contributed by atoms with Gasteiger partial charge in [-0.15, -0.1) is 11.8 Å². The van der Waals surface area contributed by atoms with Crippen molar-refractivity contribution in [3.63, 3.8) is 0 Å². The lowest BCUT2D eigenvalue weighted by Crippen LogP contribution is -2.45. The van der Waals surface area contributed by atoms with Gasteiger partial charge in [-0.2, -0.15) is 0 Å². The molecule has 0 radical (unpaired) electrons. The molecule has 5 heteroatoms. The first-order valence-electron chi connectivity index (χ1n) is 7.61. The normalized spacial score (nSPS) is 21.6. The highest BCUT2D eigenvalue weighted by atomic mass is 32.2. The number of hydrogen-bond donors (Lipinski definition) is 1. The average molecular weight is 321 g/mol. The Bertz CT molecular complexity index is 546. The quantitative estimate of drug-likeness (QED) is 0.906. The molecule has 0 spiro atoms. The van der Waals surface area contributed by atoms with E-state index in [4.69, 9.17) is 5.11 Å². The smallest absolute Gasteiger partial charge is 0.306 e. The molecule has 2 unspecified atom stereocenters. The summed E-state index contributed by atoms with van der Waals surface area (Å²) in [6, 6.07) is 8.31. The molecule has 2 rings (SSSR count). The minimum Gasteiger partial charge on any atom is -0.481 e. The Morgan fingerprint density at radius 2 is 2.18 bits per heavy atom. The number of amides is 1. The van der Waals surface area contributed by atoms with Crippen LogP contribution >= 0.6 is 11.8 Å². The van der Waals surface area contributed by atoms with Gasteiger partial charge in [0.25, 0.3) is 0 Å². The van der Waals surface area contributed by atoms with Crippen molar-refractivity contribution in [1.29, 1.82) is 0 Å². The molecule has 1 fully saturated rings. The second-order valence-electron chi connectivity index (χ2n) is 6.03. The highest BCUT2D eigenvalue weighted by Crippen LogP contribution is 2.24. The number of carbonyl (C=O) groups is 2. The fraction of sp³-hybridized carbons (Fsp3) is 0.529. The van der Waals surface area contributed by atoms with E-state index in [9.17, 15) is 9.59 Å². The second kappa shape index (κ2) is 7.68. The summed E-state index contributed by atoms with van der Waals surface area (Å²) in [6.07, 6.45) is 0.560. The largest absolute Gasteiger partial charge is 0.481 e. The molecule has 1 aromatic rings. The van der Waals surface area contributed by atoms with Gasteiger partial charge < -0.3 is 10.0 Å². The molecular weight excluding hydrogens is 298 g/mol. The van der Waals surface area contributed by atoms with E-state index in [-0.39, 0.29) is 17.7 Å². The maximum Gasteiger partial charge on any atom is 0.306 e. The standard InChI is InChI=1S/C17H23NO3S/c1-12-4-3-5-14(8-12)10-22-11-16(19)18-7-6-15(17(20)21)13(2)9-18/h3-5,8,13,15H,6-7,9-11H2,1-2H3,(H,20,21). The van der Waals surface area contributed by atoms with Crippen molar-refractivity contribution in [2.75, 3.05) is 18.8 Å². The topological polar surface area (TPSA) is 57.6 Å². The van der Waals surface area contributed by atoms with E-state index in [1.807, 2.05) is 17.9 Å². The summed E-state index contributed by atoms with van der Waals surface area (Å²) in [4.78, 5) is 25.1. The molecule has 0 aliphatic carbocycles. The maximum absolute atomic E-state index is 12.2. The van der Waals surface area contributed by atoms with Crippen LogP contribution in [0.2, 0.25) is 0 Å². The van der Waals surface area contributed by atoms with Crippen LogP contribution in [-0.4, -0.2) is 40.7 Å². The van der Waals surface area contributed by atoms with Crippen molar-refractivity contribution in [2.45, 2.75) is 26.0 Å². The highest BCUT2D eigenvalue weighted by molar-refractivity contribution is 7.99. The molecule has 1 heterocycles. The Morgan fingerprint density at radius 3 is 2.82 bits per heavy atom. The number of piperidine rings is 1. The van der Waals surface area contributed by atoms with Crippen molar-refractivity contribution in [3.05, 3.63) is 35.4 Å². The molecule has 1 aliphatic heterocycles. The van der Waals surface area contributed by atoms with E-state index >= 15 is 0 Å². The summed E-state index contributed by atoms with van der Waals surface area (Å²) in [5.41, 5.74) is 2.46. The summed E-state index contributed by atoms with van der Waals surface area (Å²) in [6.45, 7) is 5.09. The Kier molecular flexibility index (Phi) is 5.89. The van der Waals surface area contributed by atoms with Crippen molar-refractivity contribution in [2.24, 2.45) is 11.8 Å². The number of hydrogen-bond acceptors (Lipinski definition) is 3. The third-order valence-corrected chi connectivity index (χ3v) is 5.14. The fourth-order valence-electron chi connectivity index (χ4n) is 2.89. The SMILES string of the molecule is Cc1cccc(CSCC(=O)N2CCC(C(=O)O)C(C)C2)c1. The Labute approximate surface area is 135 Å². The summed E-state index contributed by atoms with van der Waals surface area (Å²) < 4.78 is 0. The van der Waals surface area contributed by atoms with E-state index in [1.54, 1.807) is 11.8 Å². The number of carboxylic acid groups (broad SMARTS) is 1. The van der Waals surface area contributed by atoms with E-state index in [2.05, 4.69) is 25.1 Å². The first-order chi connectivity index (χ1) is 10.5. The number of likely N-dealkylation sites (tertiary alicyclic amines) is 1. The van der Waals surface area contributed by atoms with Gasteiger partial charge >= 0.3 is 5.97 Å². The zero-order chi connectivity index (χ0) is 16.1. The molecule has 1 saturated heterocycles. The van der Waals surface area contributed by atoms with Gasteiger partial charge in [0.15, 0.2) is 0 Å². The van der Waals surface area contributed by atoms with Crippen LogP contribution in [0.1, 0.15) is 24.5 Å². The van der Waals surface area contributed by atoms with Crippen LogP contribution in [-0.2, 0) is 15.3 Å². The monoisotopic (exact) mass is 321 g/mol. The summed E-state index contributed by atoms with van der Waals surface area (Å²) >= 11 is 1.62. The molecule has 0 saturated carbocycles. The Balaban J connectivity index is 1.77. The third kappa shape index (κ3) is 4.50. The van der Waals surface area contributed by atoms with Gasteiger partial charge in [0.1, 0.15) is 0 Å². The van der Waals surface area contributed by atoms with Crippen LogP contribution in [0.4, 0.5) is 0 Å². The molecule has 1 aromatic carbocycles. The number of thioether (sulfide) groups is 1. The molecule has 0 bridgehead atoms. The van der Waals surface area contributed by atoms with Gasteiger partial charge in [0.05, 0.1) is 11.7 Å². The van der Waals surface area contributed by atoms with E-state index in [0.717, 1.165) is 5.75 Å². The molecule has 1 N–H and O–H groups in total. The number of aliphatic carboxylic acids is 1. The van der Waals surface area contributed by atoms with Gasteiger partial charge in [0, 0.05) is 18.8 Å². The van der Waals surface area contributed by atoms with Crippen molar-refractivity contribution >= 4 is 23.6 Å². The first-order valence-corrected chi connectivity index (χ1v) is 8.76. The molecule has 1 amide bonds. The summed E-state index contributed by atoms with van der Waals surface area (Å²) in [5.74, 6) is 0.371. The average Bonchev–Trinajstić information content (AvgIpc) is 2.46. The molecule has 2 atom stereocenters. The van der Waals surface area contributed by atoms with Crippen molar-refractivity contribution in [1.82, 2.24) is 4.90 Å². The predicted octanol–water partition coefficient (Wildman–Crippen LogP) is 2.80. The fourth-order valence-corrected chi connectivity index (χ4v) is 3.76. The second-order valence-corrected chi connectivity index (χ2v) is 7.02. The first kappa shape index (κ1) is 16.9. The van der Waals surface area contributed by atoms with Gasteiger partial charge in [-0.1, -0.05) is 36.8 Å². The number of rotatable bonds is 5. The minimum absolute atomic E-state index is 0.0250. The number of nitrogens with zero attached hydrogens (tertiary/aromatic N) is 1. The summed E-state index contributed by atoms with van der Waals surface area (Å²) in [7, 11) is 0. The number of carboxylic acids is 1. The highest BCUT2D eigenvalue weighted by Gasteiger charge is 2.32. The van der Waals surface area contributed by atoms with Crippen LogP contribution in [0, 0.1) is 18.8 Å². The molecule has 4 nitrogen and oxygen atoms in total. The van der Waals surface area contributed by atoms with Crippen LogP contribution in [0.15, 0.2) is 24.3 Å². The van der Waals surface area contributed by atoms with Crippen LogP contribution in [0.3, 0.4) is 0 Å².